The van der Waals surface area contributed by atoms with Crippen LogP contribution in [0.25, 0.3) is 6.08 Å². The zero-order valence-corrected chi connectivity index (χ0v) is 18.5. The highest BCUT2D eigenvalue weighted by molar-refractivity contribution is 7.17. The fourth-order valence-electron chi connectivity index (χ4n) is 3.10. The second-order valence-corrected chi connectivity index (χ2v) is 7.71. The molecule has 10 heteroatoms. The van der Waals surface area contributed by atoms with Crippen molar-refractivity contribution in [3.63, 3.8) is 0 Å². The number of ether oxygens (including phenoxy) is 3. The van der Waals surface area contributed by atoms with Crippen LogP contribution in [0.3, 0.4) is 0 Å². The molecule has 0 bridgehead atoms. The van der Waals surface area contributed by atoms with E-state index < -0.39 is 5.97 Å². The number of anilines is 1. The molecule has 0 radical (unpaired) electrons. The smallest absolute Gasteiger partial charge is 0.350 e. The molecular formula is C21H23N3O6S. The Bertz CT molecular complexity index is 1050. The summed E-state index contributed by atoms with van der Waals surface area (Å²) in [5.74, 6) is 0.199. The lowest BCUT2D eigenvalue weighted by atomic mass is 10.0. The van der Waals surface area contributed by atoms with E-state index >= 15 is 0 Å². The van der Waals surface area contributed by atoms with Gasteiger partial charge in [0.2, 0.25) is 11.8 Å². The molecule has 9 nitrogen and oxygen atoms in total. The Balaban J connectivity index is 1.63. The Labute approximate surface area is 183 Å². The summed E-state index contributed by atoms with van der Waals surface area (Å²) in [7, 11) is 4.39. The second-order valence-electron chi connectivity index (χ2n) is 6.71. The number of esters is 1. The number of hydrogen-bond donors (Lipinski definition) is 1. The molecule has 0 fully saturated rings. The number of aryl methyl sites for hydroxylation is 1. The van der Waals surface area contributed by atoms with Crippen LogP contribution in [0.15, 0.2) is 18.3 Å². The lowest BCUT2D eigenvalue weighted by molar-refractivity contribution is -0.128. The van der Waals surface area contributed by atoms with Crippen LogP contribution in [0.1, 0.15) is 32.9 Å². The minimum Gasteiger partial charge on any atom is -0.493 e. The first-order valence-corrected chi connectivity index (χ1v) is 10.3. The summed E-state index contributed by atoms with van der Waals surface area (Å²) in [6, 6.07) is 3.61. The molecule has 0 saturated heterocycles. The summed E-state index contributed by atoms with van der Waals surface area (Å²) in [5, 5.41) is 2.98. The molecule has 31 heavy (non-hydrogen) atoms. The van der Waals surface area contributed by atoms with Gasteiger partial charge in [0.05, 0.1) is 33.4 Å². The van der Waals surface area contributed by atoms with E-state index in [1.54, 1.807) is 33.4 Å². The number of hydrogen-bond acceptors (Lipinski definition) is 8. The fraction of sp³-hybridized carbons (Fsp3) is 0.333. The number of thiazole rings is 1. The Hall–Kier alpha value is -3.40. The summed E-state index contributed by atoms with van der Waals surface area (Å²) >= 11 is 1.05. The number of rotatable bonds is 7. The number of carbonyl (C=O) groups is 3. The minimum absolute atomic E-state index is 0.0747. The van der Waals surface area contributed by atoms with Gasteiger partial charge >= 0.3 is 5.97 Å². The molecule has 0 saturated carbocycles. The van der Waals surface area contributed by atoms with E-state index in [0.717, 1.165) is 22.5 Å². The first kappa shape index (κ1) is 22.3. The van der Waals surface area contributed by atoms with E-state index in [0.29, 0.717) is 27.2 Å². The number of nitrogens with zero attached hydrogens (tertiary/aromatic N) is 2. The molecule has 2 heterocycles. The van der Waals surface area contributed by atoms with Gasteiger partial charge in [-0.25, -0.2) is 9.78 Å². The molecule has 2 aromatic rings. The lowest BCUT2D eigenvalue weighted by Crippen LogP contribution is -2.29. The molecule has 0 atom stereocenters. The summed E-state index contributed by atoms with van der Waals surface area (Å²) < 4.78 is 15.3. The topological polar surface area (TPSA) is 107 Å². The number of amides is 2. The summed E-state index contributed by atoms with van der Waals surface area (Å²) in [4.78, 5) is 42.7. The molecule has 1 aromatic heterocycles. The molecule has 0 spiro atoms. The van der Waals surface area contributed by atoms with Gasteiger partial charge in [0, 0.05) is 19.2 Å². The highest BCUT2D eigenvalue weighted by atomic mass is 32.1. The zero-order chi connectivity index (χ0) is 22.5. The summed E-state index contributed by atoms with van der Waals surface area (Å²) in [5.41, 5.74) is 2.16. The van der Waals surface area contributed by atoms with Gasteiger partial charge in [-0.2, -0.15) is 0 Å². The minimum atomic E-state index is -0.497. The van der Waals surface area contributed by atoms with Crippen molar-refractivity contribution in [2.75, 3.05) is 33.2 Å². The SMILES string of the molecule is COC(=O)c1sc(NC(=O)CCN2C=Cc3cc(OC)c(OC)cc3CC2=O)nc1C. The van der Waals surface area contributed by atoms with Crippen molar-refractivity contribution in [1.29, 1.82) is 0 Å². The van der Waals surface area contributed by atoms with E-state index in [-0.39, 0.29) is 31.2 Å². The van der Waals surface area contributed by atoms with Crippen molar-refractivity contribution in [3.8, 4) is 11.5 Å². The zero-order valence-electron chi connectivity index (χ0n) is 17.7. The Kier molecular flexibility index (Phi) is 6.91. The highest BCUT2D eigenvalue weighted by Crippen LogP contribution is 2.32. The lowest BCUT2D eigenvalue weighted by Gasteiger charge is -2.16. The first-order valence-electron chi connectivity index (χ1n) is 9.44. The van der Waals surface area contributed by atoms with E-state index in [9.17, 15) is 14.4 Å². The third-order valence-electron chi connectivity index (χ3n) is 4.73. The molecule has 1 aromatic carbocycles. The van der Waals surface area contributed by atoms with Crippen LogP contribution in [0.2, 0.25) is 0 Å². The number of benzene rings is 1. The Morgan fingerprint density at radius 2 is 1.90 bits per heavy atom. The largest absolute Gasteiger partial charge is 0.493 e. The quantitative estimate of drug-likeness (QED) is 0.653. The van der Waals surface area contributed by atoms with E-state index in [4.69, 9.17) is 14.2 Å². The standard InChI is InChI=1S/C21H23N3O6S/c1-12-19(20(27)30-4)31-21(22-12)23-17(25)6-8-24-7-5-13-9-15(28-2)16(29-3)10-14(13)11-18(24)26/h5,7,9-10H,6,8,11H2,1-4H3,(H,22,23,25). The van der Waals surface area contributed by atoms with Crippen LogP contribution in [0, 0.1) is 6.92 Å². The number of nitrogens with one attached hydrogen (secondary N) is 1. The van der Waals surface area contributed by atoms with E-state index in [2.05, 4.69) is 10.3 Å². The monoisotopic (exact) mass is 445 g/mol. The maximum atomic E-state index is 12.7. The van der Waals surface area contributed by atoms with Gasteiger partial charge in [-0.15, -0.1) is 0 Å². The maximum absolute atomic E-state index is 12.7. The van der Waals surface area contributed by atoms with Crippen LogP contribution < -0.4 is 14.8 Å². The van der Waals surface area contributed by atoms with Crippen LogP contribution in [-0.2, 0) is 20.7 Å². The van der Waals surface area contributed by atoms with Crippen molar-refractivity contribution < 1.29 is 28.6 Å². The van der Waals surface area contributed by atoms with Crippen molar-refractivity contribution in [2.24, 2.45) is 0 Å². The number of aromatic nitrogens is 1. The first-order chi connectivity index (χ1) is 14.9. The highest BCUT2D eigenvalue weighted by Gasteiger charge is 2.21. The molecule has 164 valence electrons. The predicted molar refractivity (Wildman–Crippen MR) is 115 cm³/mol. The van der Waals surface area contributed by atoms with Crippen molar-refractivity contribution in [2.45, 2.75) is 19.8 Å². The number of carbonyl (C=O) groups excluding carboxylic acids is 3. The van der Waals surface area contributed by atoms with Gasteiger partial charge in [0.1, 0.15) is 4.88 Å². The third-order valence-corrected chi connectivity index (χ3v) is 5.79. The van der Waals surface area contributed by atoms with Crippen molar-refractivity contribution in [3.05, 3.63) is 40.0 Å². The second kappa shape index (κ2) is 9.61. The molecule has 0 aliphatic carbocycles. The predicted octanol–water partition coefficient (Wildman–Crippen LogP) is 2.64. The maximum Gasteiger partial charge on any atom is 0.350 e. The third kappa shape index (κ3) is 5.02. The molecular weight excluding hydrogens is 422 g/mol. The Morgan fingerprint density at radius 1 is 1.19 bits per heavy atom. The number of methoxy groups -OCH3 is 3. The summed E-state index contributed by atoms with van der Waals surface area (Å²) in [6.07, 6.45) is 3.73. The van der Waals surface area contributed by atoms with Gasteiger partial charge < -0.3 is 24.4 Å². The molecule has 0 unspecified atom stereocenters. The molecule has 3 rings (SSSR count). The van der Waals surface area contributed by atoms with E-state index in [1.807, 2.05) is 12.1 Å². The van der Waals surface area contributed by atoms with Crippen molar-refractivity contribution >= 4 is 40.3 Å². The molecule has 1 aliphatic heterocycles. The normalized spacial score (nSPS) is 12.8. The number of fused-ring (bicyclic) bond motifs is 1. The van der Waals surface area contributed by atoms with Crippen LogP contribution in [0.4, 0.5) is 5.13 Å². The Morgan fingerprint density at radius 3 is 2.58 bits per heavy atom. The van der Waals surface area contributed by atoms with Gasteiger partial charge in [-0.3, -0.25) is 9.59 Å². The van der Waals surface area contributed by atoms with Crippen LogP contribution in [0.5, 0.6) is 11.5 Å². The molecule has 1 N–H and O–H groups in total. The van der Waals surface area contributed by atoms with Crippen LogP contribution in [-0.4, -0.2) is 55.5 Å². The summed E-state index contributed by atoms with van der Waals surface area (Å²) in [6.45, 7) is 1.87. The van der Waals surface area contributed by atoms with Gasteiger partial charge in [0.25, 0.3) is 0 Å². The van der Waals surface area contributed by atoms with Crippen molar-refractivity contribution in [1.82, 2.24) is 9.88 Å². The van der Waals surface area contributed by atoms with Crippen LogP contribution >= 0.6 is 11.3 Å². The average Bonchev–Trinajstić information content (AvgIpc) is 3.04. The molecule has 1 aliphatic rings. The average molecular weight is 445 g/mol. The van der Waals surface area contributed by atoms with Gasteiger partial charge in [-0.1, -0.05) is 11.3 Å². The molecule has 2 amide bonds. The van der Waals surface area contributed by atoms with Gasteiger partial charge in [0.15, 0.2) is 16.6 Å². The van der Waals surface area contributed by atoms with E-state index in [1.165, 1.54) is 12.0 Å². The van der Waals surface area contributed by atoms with Gasteiger partial charge in [-0.05, 0) is 36.3 Å². The fourth-order valence-corrected chi connectivity index (χ4v) is 4.00.